The third-order valence-corrected chi connectivity index (χ3v) is 3.67. The van der Waals surface area contributed by atoms with Crippen LogP contribution in [-0.4, -0.2) is 0 Å². The molecule has 0 amide bonds. The van der Waals surface area contributed by atoms with Crippen LogP contribution in [0.3, 0.4) is 0 Å². The fourth-order valence-corrected chi connectivity index (χ4v) is 2.72. The normalized spacial score (nSPS) is 10.4. The number of nitrogens with one attached hydrogen (secondary N) is 1. The number of anilines is 2. The first kappa shape index (κ1) is 11.8. The van der Waals surface area contributed by atoms with Crippen molar-refractivity contribution in [3.05, 3.63) is 44.6 Å². The molecule has 0 atom stereocenters. The van der Waals surface area contributed by atoms with E-state index in [1.165, 1.54) is 4.88 Å². The summed E-state index contributed by atoms with van der Waals surface area (Å²) in [6.45, 7) is 2.14. The SMILES string of the molecule is CCc1cc(Nc2cc(Cl)cc(Cl)c2)cs1. The van der Waals surface area contributed by atoms with E-state index in [2.05, 4.69) is 23.7 Å². The fourth-order valence-electron chi connectivity index (χ4n) is 1.42. The molecule has 16 heavy (non-hydrogen) atoms. The van der Waals surface area contributed by atoms with Crippen LogP contribution < -0.4 is 5.32 Å². The molecular weight excluding hydrogens is 261 g/mol. The third kappa shape index (κ3) is 2.91. The summed E-state index contributed by atoms with van der Waals surface area (Å²) in [5.41, 5.74) is 2.00. The maximum Gasteiger partial charge on any atom is 0.0495 e. The van der Waals surface area contributed by atoms with Gasteiger partial charge in [-0.25, -0.2) is 0 Å². The maximum absolute atomic E-state index is 5.93. The molecule has 84 valence electrons. The Morgan fingerprint density at radius 2 is 1.75 bits per heavy atom. The molecule has 0 unspecified atom stereocenters. The molecular formula is C12H11Cl2NS. The summed E-state index contributed by atoms with van der Waals surface area (Å²) in [5.74, 6) is 0. The Morgan fingerprint density at radius 3 is 2.31 bits per heavy atom. The highest BCUT2D eigenvalue weighted by molar-refractivity contribution is 7.10. The van der Waals surface area contributed by atoms with E-state index in [0.29, 0.717) is 10.0 Å². The van der Waals surface area contributed by atoms with Crippen molar-refractivity contribution in [2.45, 2.75) is 13.3 Å². The minimum absolute atomic E-state index is 0.640. The number of hydrogen-bond donors (Lipinski definition) is 1. The van der Waals surface area contributed by atoms with E-state index in [4.69, 9.17) is 23.2 Å². The lowest BCUT2D eigenvalue weighted by Crippen LogP contribution is -1.87. The van der Waals surface area contributed by atoms with E-state index in [1.54, 1.807) is 17.4 Å². The van der Waals surface area contributed by atoms with Gasteiger partial charge in [-0.1, -0.05) is 30.1 Å². The van der Waals surface area contributed by atoms with E-state index >= 15 is 0 Å². The molecule has 0 aliphatic carbocycles. The molecule has 1 heterocycles. The highest BCUT2D eigenvalue weighted by Gasteiger charge is 2.01. The first-order chi connectivity index (χ1) is 7.67. The second kappa shape index (κ2) is 5.09. The molecule has 0 spiro atoms. The van der Waals surface area contributed by atoms with Crippen LogP contribution in [0, 0.1) is 0 Å². The predicted octanol–water partition coefficient (Wildman–Crippen LogP) is 5.36. The van der Waals surface area contributed by atoms with Gasteiger partial charge in [0.2, 0.25) is 0 Å². The largest absolute Gasteiger partial charge is 0.355 e. The van der Waals surface area contributed by atoms with Crippen LogP contribution in [0.1, 0.15) is 11.8 Å². The maximum atomic E-state index is 5.93. The summed E-state index contributed by atoms with van der Waals surface area (Å²) in [5, 5.41) is 6.65. The van der Waals surface area contributed by atoms with Gasteiger partial charge in [-0.3, -0.25) is 0 Å². The van der Waals surface area contributed by atoms with Crippen molar-refractivity contribution in [1.29, 1.82) is 0 Å². The van der Waals surface area contributed by atoms with Gasteiger partial charge in [0.1, 0.15) is 0 Å². The zero-order valence-corrected chi connectivity index (χ0v) is 11.1. The second-order valence-electron chi connectivity index (χ2n) is 3.44. The van der Waals surface area contributed by atoms with E-state index in [9.17, 15) is 0 Å². The zero-order valence-electron chi connectivity index (χ0n) is 8.76. The average Bonchev–Trinajstić information content (AvgIpc) is 2.64. The minimum atomic E-state index is 0.640. The number of benzene rings is 1. The first-order valence-electron chi connectivity index (χ1n) is 4.98. The Morgan fingerprint density at radius 1 is 1.06 bits per heavy atom. The number of halogens is 2. The lowest BCUT2D eigenvalue weighted by atomic mass is 10.3. The van der Waals surface area contributed by atoms with E-state index < -0.39 is 0 Å². The van der Waals surface area contributed by atoms with Crippen LogP contribution in [-0.2, 0) is 6.42 Å². The molecule has 1 aromatic carbocycles. The highest BCUT2D eigenvalue weighted by atomic mass is 35.5. The molecule has 2 rings (SSSR count). The first-order valence-corrected chi connectivity index (χ1v) is 6.61. The molecule has 0 saturated carbocycles. The Kier molecular flexibility index (Phi) is 3.74. The standard InChI is InChI=1S/C12H11Cl2NS/c1-2-12-6-11(7-16-12)15-10-4-8(13)3-9(14)5-10/h3-7,15H,2H2,1H3. The summed E-state index contributed by atoms with van der Waals surface area (Å²) >= 11 is 13.6. The Labute approximate surface area is 109 Å². The van der Waals surface area contributed by atoms with Crippen molar-refractivity contribution < 1.29 is 0 Å². The van der Waals surface area contributed by atoms with Gasteiger partial charge < -0.3 is 5.32 Å². The lowest BCUT2D eigenvalue weighted by molar-refractivity contribution is 1.19. The van der Waals surface area contributed by atoms with Crippen LogP contribution in [0.2, 0.25) is 10.0 Å². The van der Waals surface area contributed by atoms with Crippen molar-refractivity contribution in [3.8, 4) is 0 Å². The van der Waals surface area contributed by atoms with Crippen molar-refractivity contribution in [1.82, 2.24) is 0 Å². The number of thiophene rings is 1. The summed E-state index contributed by atoms with van der Waals surface area (Å²) in [6.07, 6.45) is 1.06. The topological polar surface area (TPSA) is 12.0 Å². The van der Waals surface area contributed by atoms with Gasteiger partial charge in [0.15, 0.2) is 0 Å². The molecule has 1 nitrogen and oxygen atoms in total. The van der Waals surface area contributed by atoms with Gasteiger partial charge in [0.25, 0.3) is 0 Å². The summed E-state index contributed by atoms with van der Waals surface area (Å²) in [7, 11) is 0. The summed E-state index contributed by atoms with van der Waals surface area (Å²) in [4.78, 5) is 1.36. The molecule has 1 N–H and O–H groups in total. The van der Waals surface area contributed by atoms with Crippen LogP contribution in [0.5, 0.6) is 0 Å². The predicted molar refractivity (Wildman–Crippen MR) is 73.4 cm³/mol. The van der Waals surface area contributed by atoms with Crippen molar-refractivity contribution >= 4 is 45.9 Å². The smallest absolute Gasteiger partial charge is 0.0495 e. The monoisotopic (exact) mass is 271 g/mol. The van der Waals surface area contributed by atoms with E-state index in [1.807, 2.05) is 12.1 Å². The summed E-state index contributed by atoms with van der Waals surface area (Å²) < 4.78 is 0. The minimum Gasteiger partial charge on any atom is -0.355 e. The quantitative estimate of drug-likeness (QED) is 0.793. The molecule has 0 radical (unpaired) electrons. The molecule has 0 saturated heterocycles. The van der Waals surface area contributed by atoms with Gasteiger partial charge in [-0.05, 0) is 30.7 Å². The van der Waals surface area contributed by atoms with Gasteiger partial charge in [0, 0.05) is 31.7 Å². The average molecular weight is 272 g/mol. The van der Waals surface area contributed by atoms with Crippen LogP contribution in [0.4, 0.5) is 11.4 Å². The van der Waals surface area contributed by atoms with Gasteiger partial charge in [-0.15, -0.1) is 11.3 Å². The van der Waals surface area contributed by atoms with E-state index in [0.717, 1.165) is 17.8 Å². The van der Waals surface area contributed by atoms with Gasteiger partial charge >= 0.3 is 0 Å². The molecule has 0 aliphatic rings. The Hall–Kier alpha value is -0.700. The third-order valence-electron chi connectivity index (χ3n) is 2.15. The van der Waals surface area contributed by atoms with Crippen molar-refractivity contribution in [3.63, 3.8) is 0 Å². The fraction of sp³-hybridized carbons (Fsp3) is 0.167. The van der Waals surface area contributed by atoms with Crippen LogP contribution in [0.25, 0.3) is 0 Å². The van der Waals surface area contributed by atoms with Crippen LogP contribution in [0.15, 0.2) is 29.6 Å². The molecule has 4 heteroatoms. The van der Waals surface area contributed by atoms with E-state index in [-0.39, 0.29) is 0 Å². The molecule has 2 aromatic rings. The number of rotatable bonds is 3. The van der Waals surface area contributed by atoms with Gasteiger partial charge in [-0.2, -0.15) is 0 Å². The summed E-state index contributed by atoms with van der Waals surface area (Å²) in [6, 6.07) is 7.58. The van der Waals surface area contributed by atoms with Crippen LogP contribution >= 0.6 is 34.5 Å². The Balaban J connectivity index is 2.19. The number of hydrogen-bond acceptors (Lipinski definition) is 2. The Bertz CT molecular complexity index is 473. The molecule has 0 fully saturated rings. The zero-order chi connectivity index (χ0) is 11.5. The molecule has 0 bridgehead atoms. The number of aryl methyl sites for hydroxylation is 1. The van der Waals surface area contributed by atoms with Crippen molar-refractivity contribution in [2.75, 3.05) is 5.32 Å². The highest BCUT2D eigenvalue weighted by Crippen LogP contribution is 2.27. The second-order valence-corrected chi connectivity index (χ2v) is 5.31. The molecule has 0 aliphatic heterocycles. The van der Waals surface area contributed by atoms with Crippen molar-refractivity contribution in [2.24, 2.45) is 0 Å². The lowest BCUT2D eigenvalue weighted by Gasteiger charge is -2.04. The molecule has 1 aromatic heterocycles. The van der Waals surface area contributed by atoms with Gasteiger partial charge in [0.05, 0.1) is 0 Å².